The molecule has 2 N–H and O–H groups in total. The zero-order chi connectivity index (χ0) is 14.2. The van der Waals surface area contributed by atoms with Gasteiger partial charge in [-0.1, -0.05) is 31.4 Å². The van der Waals surface area contributed by atoms with Crippen molar-refractivity contribution in [3.63, 3.8) is 0 Å². The van der Waals surface area contributed by atoms with Crippen molar-refractivity contribution in [2.24, 2.45) is 5.92 Å². The summed E-state index contributed by atoms with van der Waals surface area (Å²) in [6.45, 7) is 0. The topological polar surface area (TPSA) is 41.1 Å². The Morgan fingerprint density at radius 2 is 2.10 bits per heavy atom. The number of hydrogen-bond donors (Lipinski definition) is 2. The molecule has 1 aromatic rings. The van der Waals surface area contributed by atoms with Crippen molar-refractivity contribution in [1.82, 2.24) is 5.32 Å². The maximum Gasteiger partial charge on any atom is 0.323 e. The molecular weight excluding hydrogens is 268 g/mol. The molecule has 1 saturated carbocycles. The predicted octanol–water partition coefficient (Wildman–Crippen LogP) is 4.62. The van der Waals surface area contributed by atoms with Gasteiger partial charge in [-0.2, -0.15) is 0 Å². The molecule has 20 heavy (non-hydrogen) atoms. The van der Waals surface area contributed by atoms with Crippen LogP contribution in [0.5, 0.6) is 0 Å². The Morgan fingerprint density at radius 3 is 2.85 bits per heavy atom. The Morgan fingerprint density at radius 1 is 1.30 bits per heavy atom. The van der Waals surface area contributed by atoms with Gasteiger partial charge in [0.05, 0.1) is 0 Å². The number of carbonyl (C=O) groups excluding carboxylic acids is 1. The highest BCUT2D eigenvalue weighted by atomic mass is 32.2. The van der Waals surface area contributed by atoms with Gasteiger partial charge < -0.3 is 10.6 Å². The summed E-state index contributed by atoms with van der Waals surface area (Å²) in [5.74, 6) is 0.629. The van der Waals surface area contributed by atoms with Crippen molar-refractivity contribution in [3.8, 4) is 0 Å². The van der Waals surface area contributed by atoms with E-state index in [0.29, 0.717) is 5.92 Å². The summed E-state index contributed by atoms with van der Waals surface area (Å²) >= 11 is 1.66. The molecule has 0 aliphatic heterocycles. The Balaban J connectivity index is 1.78. The number of hydrogen-bond acceptors (Lipinski definition) is 2. The monoisotopic (exact) mass is 290 g/mol. The van der Waals surface area contributed by atoms with Crippen LogP contribution >= 0.6 is 11.8 Å². The van der Waals surface area contributed by atoms with Crippen LogP contribution in [0.25, 0.3) is 0 Å². The first-order valence-electron chi connectivity index (χ1n) is 7.16. The highest BCUT2D eigenvalue weighted by Crippen LogP contribution is 2.24. The molecule has 2 rings (SSSR count). The van der Waals surface area contributed by atoms with E-state index >= 15 is 0 Å². The Kier molecular flexibility index (Phi) is 5.99. The molecule has 2 amide bonds. The second-order valence-corrected chi connectivity index (χ2v) is 5.97. The molecule has 0 aromatic heterocycles. The van der Waals surface area contributed by atoms with E-state index in [9.17, 15) is 4.79 Å². The highest BCUT2D eigenvalue weighted by Gasteiger charge is 2.09. The molecule has 4 heteroatoms. The Bertz CT molecular complexity index is 467. The molecule has 0 unspecified atom stereocenters. The maximum atomic E-state index is 11.8. The van der Waals surface area contributed by atoms with Crippen LogP contribution in [0.4, 0.5) is 10.5 Å². The first-order valence-corrected chi connectivity index (χ1v) is 8.38. The number of amides is 2. The van der Waals surface area contributed by atoms with Crippen LogP contribution < -0.4 is 10.6 Å². The summed E-state index contributed by atoms with van der Waals surface area (Å²) in [7, 11) is 0. The summed E-state index contributed by atoms with van der Waals surface area (Å²) < 4.78 is 0. The third kappa shape index (κ3) is 4.93. The fourth-order valence-corrected chi connectivity index (χ4v) is 2.91. The maximum absolute atomic E-state index is 11.8. The fraction of sp³-hybridized carbons (Fsp3) is 0.438. The van der Waals surface area contributed by atoms with Gasteiger partial charge in [0.2, 0.25) is 0 Å². The summed E-state index contributed by atoms with van der Waals surface area (Å²) in [4.78, 5) is 12.9. The minimum Gasteiger partial charge on any atom is -0.315 e. The lowest BCUT2D eigenvalue weighted by atomic mass is 9.89. The van der Waals surface area contributed by atoms with Crippen molar-refractivity contribution in [2.75, 3.05) is 11.6 Å². The van der Waals surface area contributed by atoms with Crippen molar-refractivity contribution in [3.05, 3.63) is 36.5 Å². The van der Waals surface area contributed by atoms with Gasteiger partial charge in [-0.3, -0.25) is 0 Å². The largest absolute Gasteiger partial charge is 0.323 e. The molecule has 1 aliphatic carbocycles. The van der Waals surface area contributed by atoms with Gasteiger partial charge in [0.25, 0.3) is 0 Å². The van der Waals surface area contributed by atoms with E-state index < -0.39 is 0 Å². The molecule has 0 saturated heterocycles. The van der Waals surface area contributed by atoms with Gasteiger partial charge in [0.1, 0.15) is 0 Å². The summed E-state index contributed by atoms with van der Waals surface area (Å²) in [6, 6.07) is 7.64. The second-order valence-electron chi connectivity index (χ2n) is 5.09. The fourth-order valence-electron chi connectivity index (χ4n) is 2.45. The predicted molar refractivity (Wildman–Crippen MR) is 86.1 cm³/mol. The number of allylic oxidation sites excluding steroid dienone is 1. The van der Waals surface area contributed by atoms with Gasteiger partial charge >= 0.3 is 6.03 Å². The first-order chi connectivity index (χ1) is 9.78. The van der Waals surface area contributed by atoms with Gasteiger partial charge in [0, 0.05) is 16.8 Å². The average molecular weight is 290 g/mol. The number of thioether (sulfide) groups is 1. The van der Waals surface area contributed by atoms with Gasteiger partial charge in [-0.25, -0.2) is 4.79 Å². The molecule has 0 atom stereocenters. The van der Waals surface area contributed by atoms with E-state index in [-0.39, 0.29) is 6.03 Å². The SMILES string of the molecule is CSc1cccc(NC(=O)N/C=C/C2CCCCC2)c1. The lowest BCUT2D eigenvalue weighted by Crippen LogP contribution is -2.24. The molecular formula is C16H22N2OS. The third-order valence-corrected chi connectivity index (χ3v) is 4.29. The molecule has 1 aromatic carbocycles. The lowest BCUT2D eigenvalue weighted by molar-refractivity contribution is 0.255. The standard InChI is InChI=1S/C16H22N2OS/c1-20-15-9-5-8-14(12-15)18-16(19)17-11-10-13-6-3-2-4-7-13/h5,8-13H,2-4,6-7H2,1H3,(H2,17,18,19)/b11-10+. The van der Waals surface area contributed by atoms with Crippen molar-refractivity contribution >= 4 is 23.5 Å². The van der Waals surface area contributed by atoms with Crippen LogP contribution in [0, 0.1) is 5.92 Å². The quantitative estimate of drug-likeness (QED) is 0.794. The average Bonchev–Trinajstić information content (AvgIpc) is 2.48. The van der Waals surface area contributed by atoms with Crippen molar-refractivity contribution in [2.45, 2.75) is 37.0 Å². The Labute approximate surface area is 125 Å². The summed E-state index contributed by atoms with van der Waals surface area (Å²) in [5.41, 5.74) is 0.820. The van der Waals surface area contributed by atoms with Crippen LogP contribution in [0.2, 0.25) is 0 Å². The molecule has 0 bridgehead atoms. The molecule has 108 valence electrons. The first kappa shape index (κ1) is 15.0. The van der Waals surface area contributed by atoms with Gasteiger partial charge in [0.15, 0.2) is 0 Å². The molecule has 1 fully saturated rings. The zero-order valence-electron chi connectivity index (χ0n) is 11.9. The van der Waals surface area contributed by atoms with E-state index in [2.05, 4.69) is 16.7 Å². The van der Waals surface area contributed by atoms with Gasteiger partial charge in [-0.05, 0) is 43.2 Å². The Hall–Kier alpha value is -1.42. The lowest BCUT2D eigenvalue weighted by Gasteiger charge is -2.17. The second kappa shape index (κ2) is 8.00. The van der Waals surface area contributed by atoms with E-state index in [1.807, 2.05) is 30.5 Å². The molecule has 3 nitrogen and oxygen atoms in total. The van der Waals surface area contributed by atoms with Crippen LogP contribution in [-0.2, 0) is 0 Å². The van der Waals surface area contributed by atoms with Gasteiger partial charge in [-0.15, -0.1) is 11.8 Å². The third-order valence-electron chi connectivity index (χ3n) is 3.56. The normalized spacial score (nSPS) is 16.2. The van der Waals surface area contributed by atoms with Crippen LogP contribution in [-0.4, -0.2) is 12.3 Å². The molecule has 0 spiro atoms. The van der Waals surface area contributed by atoms with Crippen molar-refractivity contribution in [1.29, 1.82) is 0 Å². The molecule has 0 heterocycles. The number of urea groups is 1. The minimum atomic E-state index is -0.185. The zero-order valence-corrected chi connectivity index (χ0v) is 12.7. The molecule has 0 radical (unpaired) electrons. The minimum absolute atomic E-state index is 0.185. The number of benzene rings is 1. The molecule has 1 aliphatic rings. The van der Waals surface area contributed by atoms with Crippen molar-refractivity contribution < 1.29 is 4.79 Å². The number of rotatable bonds is 4. The number of anilines is 1. The summed E-state index contributed by atoms with van der Waals surface area (Å²) in [5, 5.41) is 5.62. The van der Waals surface area contributed by atoms with E-state index in [1.54, 1.807) is 18.0 Å². The van der Waals surface area contributed by atoms with Crippen LogP contribution in [0.3, 0.4) is 0 Å². The smallest absolute Gasteiger partial charge is 0.315 e. The summed E-state index contributed by atoms with van der Waals surface area (Å²) in [6.07, 6.45) is 12.4. The highest BCUT2D eigenvalue weighted by molar-refractivity contribution is 7.98. The van der Waals surface area contributed by atoms with E-state index in [4.69, 9.17) is 0 Å². The van der Waals surface area contributed by atoms with E-state index in [1.165, 1.54) is 32.1 Å². The van der Waals surface area contributed by atoms with Crippen LogP contribution in [0.1, 0.15) is 32.1 Å². The number of nitrogens with one attached hydrogen (secondary N) is 2. The number of carbonyl (C=O) groups is 1. The van der Waals surface area contributed by atoms with E-state index in [0.717, 1.165) is 10.6 Å². The van der Waals surface area contributed by atoms with Crippen LogP contribution in [0.15, 0.2) is 41.4 Å².